The van der Waals surface area contributed by atoms with Gasteiger partial charge in [-0.1, -0.05) is 47.5 Å². The van der Waals surface area contributed by atoms with Crippen LogP contribution in [0.2, 0.25) is 5.02 Å². The van der Waals surface area contributed by atoms with Crippen LogP contribution in [0.4, 0.5) is 5.69 Å². The number of hydrogen-bond acceptors (Lipinski definition) is 4. The Morgan fingerprint density at radius 3 is 2.38 bits per heavy atom. The summed E-state index contributed by atoms with van der Waals surface area (Å²) in [5, 5.41) is 9.71. The van der Waals surface area contributed by atoms with Gasteiger partial charge < -0.3 is 10.0 Å². The lowest BCUT2D eigenvalue weighted by atomic mass is 10.0. The molecule has 0 spiro atoms. The highest BCUT2D eigenvalue weighted by Gasteiger charge is 2.41. The lowest BCUT2D eigenvalue weighted by molar-refractivity contribution is -0.120. The summed E-state index contributed by atoms with van der Waals surface area (Å²) in [4.78, 5) is 29.0. The van der Waals surface area contributed by atoms with E-state index in [0.29, 0.717) is 21.8 Å². The molecule has 26 heavy (non-hydrogen) atoms. The fraction of sp³-hybridized carbons (Fsp3) is 0.200. The van der Waals surface area contributed by atoms with Gasteiger partial charge in [0.25, 0.3) is 11.8 Å². The van der Waals surface area contributed by atoms with Crippen molar-refractivity contribution in [3.63, 3.8) is 0 Å². The number of aliphatic hydroxyl groups excluding tert-OH is 1. The first-order valence-electron chi connectivity index (χ1n) is 8.21. The van der Waals surface area contributed by atoms with Crippen molar-refractivity contribution in [3.8, 4) is 0 Å². The molecule has 6 heteroatoms. The molecule has 0 aliphatic carbocycles. The summed E-state index contributed by atoms with van der Waals surface area (Å²) in [5.41, 5.74) is 2.74. The SMILES string of the molecule is Cc1ccc(C2=C(N(C)CCO)C(=O)N(c3cccc(Cl)c3)C2=O)cc1. The van der Waals surface area contributed by atoms with Gasteiger partial charge in [-0.3, -0.25) is 9.59 Å². The average Bonchev–Trinajstić information content (AvgIpc) is 2.86. The van der Waals surface area contributed by atoms with Crippen LogP contribution in [0.25, 0.3) is 5.57 Å². The number of aryl methyl sites for hydroxylation is 1. The maximum atomic E-state index is 13.1. The second-order valence-electron chi connectivity index (χ2n) is 6.16. The molecule has 0 atom stereocenters. The topological polar surface area (TPSA) is 60.9 Å². The molecule has 0 saturated carbocycles. The summed E-state index contributed by atoms with van der Waals surface area (Å²) in [5.74, 6) is -0.829. The third-order valence-corrected chi connectivity index (χ3v) is 4.52. The van der Waals surface area contributed by atoms with Crippen molar-refractivity contribution in [2.75, 3.05) is 25.1 Å². The standard InChI is InChI=1S/C20H19ClN2O3/c1-13-6-8-14(9-7-13)17-18(22(2)10-11-24)20(26)23(19(17)25)16-5-3-4-15(21)12-16/h3-9,12,24H,10-11H2,1-2H3. The molecule has 1 aliphatic rings. The molecule has 0 fully saturated rings. The van der Waals surface area contributed by atoms with Gasteiger partial charge in [0.15, 0.2) is 0 Å². The second kappa shape index (κ2) is 7.32. The molecule has 0 radical (unpaired) electrons. The van der Waals surface area contributed by atoms with Crippen molar-refractivity contribution in [3.05, 3.63) is 70.4 Å². The third-order valence-electron chi connectivity index (χ3n) is 4.28. The zero-order valence-corrected chi connectivity index (χ0v) is 15.3. The molecule has 1 aliphatic heterocycles. The van der Waals surface area contributed by atoms with Gasteiger partial charge in [-0.2, -0.15) is 0 Å². The molecule has 3 rings (SSSR count). The van der Waals surface area contributed by atoms with Gasteiger partial charge in [0, 0.05) is 18.6 Å². The molecule has 0 aromatic heterocycles. The Bertz CT molecular complexity index is 890. The van der Waals surface area contributed by atoms with E-state index in [1.54, 1.807) is 36.2 Å². The molecular formula is C20H19ClN2O3. The fourth-order valence-corrected chi connectivity index (χ4v) is 3.15. The van der Waals surface area contributed by atoms with E-state index in [2.05, 4.69) is 0 Å². The molecule has 1 heterocycles. The van der Waals surface area contributed by atoms with Crippen molar-refractivity contribution < 1.29 is 14.7 Å². The Labute approximate surface area is 157 Å². The minimum Gasteiger partial charge on any atom is -0.395 e. The first-order valence-corrected chi connectivity index (χ1v) is 8.59. The number of benzene rings is 2. The Morgan fingerprint density at radius 1 is 1.08 bits per heavy atom. The van der Waals surface area contributed by atoms with E-state index < -0.39 is 11.8 Å². The van der Waals surface area contributed by atoms with Crippen molar-refractivity contribution in [2.45, 2.75) is 6.92 Å². The molecule has 0 unspecified atom stereocenters. The van der Waals surface area contributed by atoms with Crippen LogP contribution in [-0.4, -0.2) is 42.0 Å². The van der Waals surface area contributed by atoms with E-state index in [0.717, 1.165) is 10.5 Å². The minimum absolute atomic E-state index is 0.125. The largest absolute Gasteiger partial charge is 0.395 e. The summed E-state index contributed by atoms with van der Waals surface area (Å²) in [6.45, 7) is 2.07. The highest BCUT2D eigenvalue weighted by atomic mass is 35.5. The molecule has 0 saturated heterocycles. The van der Waals surface area contributed by atoms with E-state index in [4.69, 9.17) is 11.6 Å². The first kappa shape index (κ1) is 18.2. The molecule has 1 N–H and O–H groups in total. The zero-order valence-electron chi connectivity index (χ0n) is 14.6. The monoisotopic (exact) mass is 370 g/mol. The van der Waals surface area contributed by atoms with Crippen LogP contribution in [-0.2, 0) is 9.59 Å². The quantitative estimate of drug-likeness (QED) is 0.822. The zero-order chi connectivity index (χ0) is 18.8. The van der Waals surface area contributed by atoms with Crippen LogP contribution in [0.15, 0.2) is 54.2 Å². The third kappa shape index (κ3) is 3.23. The van der Waals surface area contributed by atoms with E-state index in [1.165, 1.54) is 0 Å². The number of rotatable bonds is 5. The number of nitrogens with zero attached hydrogens (tertiary/aromatic N) is 2. The average molecular weight is 371 g/mol. The van der Waals surface area contributed by atoms with Gasteiger partial charge in [-0.25, -0.2) is 4.90 Å². The highest BCUT2D eigenvalue weighted by molar-refractivity contribution is 6.45. The first-order chi connectivity index (χ1) is 12.4. The van der Waals surface area contributed by atoms with Gasteiger partial charge in [-0.15, -0.1) is 0 Å². The Kier molecular flexibility index (Phi) is 5.11. The minimum atomic E-state index is -0.427. The molecule has 2 aromatic rings. The Hall–Kier alpha value is -2.63. The Morgan fingerprint density at radius 2 is 1.77 bits per heavy atom. The van der Waals surface area contributed by atoms with Crippen LogP contribution < -0.4 is 4.90 Å². The number of amides is 2. The van der Waals surface area contributed by atoms with E-state index >= 15 is 0 Å². The molecular weight excluding hydrogens is 352 g/mol. The fourth-order valence-electron chi connectivity index (χ4n) is 2.96. The number of likely N-dealkylation sites (N-methyl/N-ethyl adjacent to an activating group) is 1. The van der Waals surface area contributed by atoms with Crippen molar-refractivity contribution in [2.24, 2.45) is 0 Å². The molecule has 5 nitrogen and oxygen atoms in total. The summed E-state index contributed by atoms with van der Waals surface area (Å²) in [6.07, 6.45) is 0. The van der Waals surface area contributed by atoms with Crippen LogP contribution in [0.5, 0.6) is 0 Å². The summed E-state index contributed by atoms with van der Waals surface area (Å²) < 4.78 is 0. The van der Waals surface area contributed by atoms with Gasteiger partial charge >= 0.3 is 0 Å². The molecule has 0 bridgehead atoms. The normalized spacial score (nSPS) is 14.4. The highest BCUT2D eigenvalue weighted by Crippen LogP contribution is 2.35. The predicted molar refractivity (Wildman–Crippen MR) is 102 cm³/mol. The predicted octanol–water partition coefficient (Wildman–Crippen LogP) is 2.86. The number of anilines is 1. The lowest BCUT2D eigenvalue weighted by Crippen LogP contribution is -2.34. The Balaban J connectivity index is 2.13. The van der Waals surface area contributed by atoms with Gasteiger partial charge in [0.1, 0.15) is 5.70 Å². The maximum absolute atomic E-state index is 13.1. The van der Waals surface area contributed by atoms with Crippen molar-refractivity contribution in [1.29, 1.82) is 0 Å². The van der Waals surface area contributed by atoms with E-state index in [-0.39, 0.29) is 18.8 Å². The molecule has 134 valence electrons. The second-order valence-corrected chi connectivity index (χ2v) is 6.60. The summed E-state index contributed by atoms with van der Waals surface area (Å²) in [6, 6.07) is 14.1. The number of carbonyl (C=O) groups is 2. The molecule has 2 amide bonds. The number of imide groups is 1. The van der Waals surface area contributed by atoms with Crippen LogP contribution in [0.3, 0.4) is 0 Å². The number of carbonyl (C=O) groups excluding carboxylic acids is 2. The van der Waals surface area contributed by atoms with E-state index in [9.17, 15) is 14.7 Å². The lowest BCUT2D eigenvalue weighted by Gasteiger charge is -2.20. The van der Waals surface area contributed by atoms with Crippen LogP contribution in [0, 0.1) is 6.92 Å². The molecule has 2 aromatic carbocycles. The van der Waals surface area contributed by atoms with Gasteiger partial charge in [0.2, 0.25) is 0 Å². The van der Waals surface area contributed by atoms with Crippen LogP contribution in [0.1, 0.15) is 11.1 Å². The summed E-state index contributed by atoms with van der Waals surface area (Å²) in [7, 11) is 1.69. The van der Waals surface area contributed by atoms with Gasteiger partial charge in [-0.05, 0) is 30.7 Å². The van der Waals surface area contributed by atoms with Crippen molar-refractivity contribution >= 4 is 34.7 Å². The smallest absolute Gasteiger partial charge is 0.282 e. The number of aliphatic hydroxyl groups is 1. The maximum Gasteiger partial charge on any atom is 0.282 e. The summed E-state index contributed by atoms with van der Waals surface area (Å²) >= 11 is 6.03. The van der Waals surface area contributed by atoms with E-state index in [1.807, 2.05) is 31.2 Å². The number of halogens is 1. The van der Waals surface area contributed by atoms with Crippen molar-refractivity contribution in [1.82, 2.24) is 4.90 Å². The van der Waals surface area contributed by atoms with Gasteiger partial charge in [0.05, 0.1) is 17.9 Å². The van der Waals surface area contributed by atoms with Crippen LogP contribution >= 0.6 is 11.6 Å². The number of hydrogen-bond donors (Lipinski definition) is 1.